The summed E-state index contributed by atoms with van der Waals surface area (Å²) in [5.41, 5.74) is 0.477. The Hall–Kier alpha value is -2.88. The number of amides is 2. The van der Waals surface area contributed by atoms with Crippen molar-refractivity contribution in [2.75, 3.05) is 19.5 Å². The van der Waals surface area contributed by atoms with Crippen molar-refractivity contribution in [1.29, 1.82) is 5.26 Å². The molecule has 7 heteroatoms. The minimum absolute atomic E-state index is 0.147. The maximum absolute atomic E-state index is 12.1. The van der Waals surface area contributed by atoms with Crippen molar-refractivity contribution in [3.05, 3.63) is 29.8 Å². The molecule has 0 spiro atoms. The minimum atomic E-state index is -1.42. The van der Waals surface area contributed by atoms with E-state index in [1.54, 1.807) is 12.1 Å². The second-order valence-electron chi connectivity index (χ2n) is 3.74. The topological polar surface area (TPSA) is 108 Å². The number of benzene rings is 1. The SMILES string of the molecule is CNC(=O)[C@@H](C#N)C(=O)c1cccc(NC(=O)OC)c1. The molecule has 1 rings (SSSR count). The molecule has 2 amide bonds. The number of anilines is 1. The van der Waals surface area contributed by atoms with Gasteiger partial charge in [-0.1, -0.05) is 12.1 Å². The number of carbonyl (C=O) groups is 3. The van der Waals surface area contributed by atoms with E-state index in [4.69, 9.17) is 5.26 Å². The van der Waals surface area contributed by atoms with Crippen molar-refractivity contribution in [3.8, 4) is 6.07 Å². The van der Waals surface area contributed by atoms with Crippen LogP contribution in [-0.2, 0) is 9.53 Å². The molecule has 2 N–H and O–H groups in total. The average Bonchev–Trinajstić information content (AvgIpc) is 2.47. The third-order valence-electron chi connectivity index (χ3n) is 2.48. The fourth-order valence-corrected chi connectivity index (χ4v) is 1.47. The van der Waals surface area contributed by atoms with Gasteiger partial charge in [0.15, 0.2) is 11.7 Å². The van der Waals surface area contributed by atoms with Crippen LogP contribution in [0.1, 0.15) is 10.4 Å². The zero-order valence-electron chi connectivity index (χ0n) is 11.0. The lowest BCUT2D eigenvalue weighted by atomic mass is 9.98. The van der Waals surface area contributed by atoms with Crippen LogP contribution in [0.3, 0.4) is 0 Å². The molecule has 7 nitrogen and oxygen atoms in total. The summed E-state index contributed by atoms with van der Waals surface area (Å²) in [6.45, 7) is 0. The molecule has 0 saturated carbocycles. The Morgan fingerprint density at radius 2 is 2.05 bits per heavy atom. The lowest BCUT2D eigenvalue weighted by Gasteiger charge is -2.08. The smallest absolute Gasteiger partial charge is 0.411 e. The lowest BCUT2D eigenvalue weighted by Crippen LogP contribution is -2.32. The Morgan fingerprint density at radius 1 is 1.35 bits per heavy atom. The number of nitrogens with zero attached hydrogens (tertiary/aromatic N) is 1. The van der Waals surface area contributed by atoms with Crippen molar-refractivity contribution < 1.29 is 19.1 Å². The molecule has 0 radical (unpaired) electrons. The molecule has 1 atom stereocenters. The van der Waals surface area contributed by atoms with Gasteiger partial charge in [-0.25, -0.2) is 4.79 Å². The monoisotopic (exact) mass is 275 g/mol. The molecule has 0 aliphatic carbocycles. The number of Topliss-reactive ketones (excluding diaryl/α,β-unsaturated/α-hetero) is 1. The first-order valence-electron chi connectivity index (χ1n) is 5.64. The molecular weight excluding hydrogens is 262 g/mol. The molecule has 0 saturated heterocycles. The first kappa shape index (κ1) is 15.2. The van der Waals surface area contributed by atoms with Gasteiger partial charge in [-0.15, -0.1) is 0 Å². The molecule has 0 heterocycles. The van der Waals surface area contributed by atoms with E-state index < -0.39 is 23.7 Å². The maximum atomic E-state index is 12.1. The Morgan fingerprint density at radius 3 is 2.60 bits per heavy atom. The van der Waals surface area contributed by atoms with E-state index in [0.29, 0.717) is 5.69 Å². The van der Waals surface area contributed by atoms with Crippen molar-refractivity contribution in [3.63, 3.8) is 0 Å². The fourth-order valence-electron chi connectivity index (χ4n) is 1.47. The van der Waals surface area contributed by atoms with Gasteiger partial charge in [-0.05, 0) is 12.1 Å². The Kier molecular flexibility index (Phi) is 5.23. The second kappa shape index (κ2) is 6.89. The van der Waals surface area contributed by atoms with Crippen LogP contribution >= 0.6 is 0 Å². The zero-order chi connectivity index (χ0) is 15.1. The molecule has 1 aromatic rings. The van der Waals surface area contributed by atoms with Gasteiger partial charge in [-0.2, -0.15) is 5.26 Å². The van der Waals surface area contributed by atoms with E-state index in [1.807, 2.05) is 0 Å². The molecule has 0 aliphatic heterocycles. The number of carbonyl (C=O) groups excluding carboxylic acids is 3. The van der Waals surface area contributed by atoms with Crippen LogP contribution in [0.25, 0.3) is 0 Å². The highest BCUT2D eigenvalue weighted by molar-refractivity contribution is 6.12. The van der Waals surface area contributed by atoms with Crippen molar-refractivity contribution >= 4 is 23.5 Å². The van der Waals surface area contributed by atoms with Crippen molar-refractivity contribution in [2.45, 2.75) is 0 Å². The maximum Gasteiger partial charge on any atom is 0.411 e. The van der Waals surface area contributed by atoms with Gasteiger partial charge in [0.25, 0.3) is 0 Å². The van der Waals surface area contributed by atoms with E-state index in [0.717, 1.165) is 0 Å². The molecule has 1 aromatic carbocycles. The molecule has 104 valence electrons. The van der Waals surface area contributed by atoms with Crippen LogP contribution in [0.4, 0.5) is 10.5 Å². The van der Waals surface area contributed by atoms with E-state index in [2.05, 4.69) is 15.4 Å². The summed E-state index contributed by atoms with van der Waals surface area (Å²) in [7, 11) is 2.55. The number of ketones is 1. The summed E-state index contributed by atoms with van der Waals surface area (Å²) >= 11 is 0. The summed E-state index contributed by atoms with van der Waals surface area (Å²) < 4.78 is 4.43. The number of ether oxygens (including phenoxy) is 1. The van der Waals surface area contributed by atoms with Gasteiger partial charge in [0.2, 0.25) is 5.91 Å². The van der Waals surface area contributed by atoms with E-state index >= 15 is 0 Å². The lowest BCUT2D eigenvalue weighted by molar-refractivity contribution is -0.121. The minimum Gasteiger partial charge on any atom is -0.453 e. The number of hydrogen-bond acceptors (Lipinski definition) is 5. The van der Waals surface area contributed by atoms with Crippen LogP contribution < -0.4 is 10.6 Å². The van der Waals surface area contributed by atoms with Gasteiger partial charge in [0.1, 0.15) is 0 Å². The van der Waals surface area contributed by atoms with Crippen molar-refractivity contribution in [1.82, 2.24) is 5.32 Å². The van der Waals surface area contributed by atoms with Gasteiger partial charge >= 0.3 is 6.09 Å². The van der Waals surface area contributed by atoms with Crippen LogP contribution in [0.2, 0.25) is 0 Å². The molecule has 0 fully saturated rings. The highest BCUT2D eigenvalue weighted by Crippen LogP contribution is 2.15. The number of rotatable bonds is 4. The largest absolute Gasteiger partial charge is 0.453 e. The normalized spacial score (nSPS) is 10.8. The van der Waals surface area contributed by atoms with Crippen LogP contribution in [0.5, 0.6) is 0 Å². The highest BCUT2D eigenvalue weighted by Gasteiger charge is 2.26. The predicted octanol–water partition coefficient (Wildman–Crippen LogP) is 0.933. The third-order valence-corrected chi connectivity index (χ3v) is 2.48. The molecular formula is C13H13N3O4. The Labute approximate surface area is 115 Å². The molecule has 20 heavy (non-hydrogen) atoms. The summed E-state index contributed by atoms with van der Waals surface area (Å²) in [4.78, 5) is 34.6. The van der Waals surface area contributed by atoms with Gasteiger partial charge in [-0.3, -0.25) is 14.9 Å². The quantitative estimate of drug-likeness (QED) is 0.627. The van der Waals surface area contributed by atoms with E-state index in [-0.39, 0.29) is 5.56 Å². The second-order valence-corrected chi connectivity index (χ2v) is 3.74. The Balaban J connectivity index is 2.99. The number of methoxy groups -OCH3 is 1. The summed E-state index contributed by atoms with van der Waals surface area (Å²) in [5.74, 6) is -2.74. The van der Waals surface area contributed by atoms with Crippen LogP contribution in [-0.4, -0.2) is 31.9 Å². The number of hydrogen-bond donors (Lipinski definition) is 2. The van der Waals surface area contributed by atoms with Gasteiger partial charge in [0, 0.05) is 18.3 Å². The number of nitrogens with one attached hydrogen (secondary N) is 2. The first-order valence-corrected chi connectivity index (χ1v) is 5.64. The summed E-state index contributed by atoms with van der Waals surface area (Å²) in [6, 6.07) is 7.55. The van der Waals surface area contributed by atoms with E-state index in [1.165, 1.54) is 32.4 Å². The van der Waals surface area contributed by atoms with Crippen LogP contribution in [0, 0.1) is 17.2 Å². The van der Waals surface area contributed by atoms with Gasteiger partial charge in [0.05, 0.1) is 13.2 Å². The number of nitriles is 1. The third kappa shape index (κ3) is 3.55. The summed E-state index contributed by atoms with van der Waals surface area (Å²) in [6.07, 6.45) is -0.683. The Bertz CT molecular complexity index is 577. The first-order chi connectivity index (χ1) is 9.53. The average molecular weight is 275 g/mol. The molecule has 0 aliphatic rings. The zero-order valence-corrected chi connectivity index (χ0v) is 11.0. The van der Waals surface area contributed by atoms with Crippen molar-refractivity contribution in [2.24, 2.45) is 5.92 Å². The summed E-state index contributed by atoms with van der Waals surface area (Å²) in [5, 5.41) is 13.5. The standard InChI is InChI=1S/C13H13N3O4/c1-15-12(18)10(7-14)11(17)8-4-3-5-9(6-8)16-13(19)20-2/h3-6,10H,1-2H3,(H,15,18)(H,16,19)/t10-/m0/s1. The molecule has 0 bridgehead atoms. The predicted molar refractivity (Wildman–Crippen MR) is 70.0 cm³/mol. The van der Waals surface area contributed by atoms with Crippen LogP contribution in [0.15, 0.2) is 24.3 Å². The molecule has 0 unspecified atom stereocenters. The molecule has 0 aromatic heterocycles. The van der Waals surface area contributed by atoms with E-state index in [9.17, 15) is 14.4 Å². The van der Waals surface area contributed by atoms with Gasteiger partial charge < -0.3 is 10.1 Å². The highest BCUT2D eigenvalue weighted by atomic mass is 16.5. The fraction of sp³-hybridized carbons (Fsp3) is 0.231.